The molecule has 0 saturated heterocycles. The number of anilines is 2. The van der Waals surface area contributed by atoms with Crippen molar-refractivity contribution in [3.05, 3.63) is 70.0 Å². The second-order valence-electron chi connectivity index (χ2n) is 11.8. The van der Waals surface area contributed by atoms with Crippen molar-refractivity contribution in [3.63, 3.8) is 0 Å². The van der Waals surface area contributed by atoms with Gasteiger partial charge in [0.25, 0.3) is 0 Å². The van der Waals surface area contributed by atoms with Crippen molar-refractivity contribution in [1.82, 2.24) is 19.7 Å². The molecule has 6 N–H and O–H groups in total. The molecule has 1 amide bonds. The van der Waals surface area contributed by atoms with Gasteiger partial charge in [-0.05, 0) is 55.7 Å². The Kier molecular flexibility index (Phi) is 14.9. The third-order valence-corrected chi connectivity index (χ3v) is 7.94. The molecule has 16 heteroatoms. The first-order chi connectivity index (χ1) is 23.8. The Labute approximate surface area is 288 Å². The highest BCUT2D eigenvalue weighted by Crippen LogP contribution is 2.23. The van der Waals surface area contributed by atoms with E-state index in [9.17, 15) is 39.0 Å². The number of hydrogen-bond donors (Lipinski definition) is 6. The number of pyridine rings is 1. The van der Waals surface area contributed by atoms with Crippen molar-refractivity contribution in [2.24, 2.45) is 0 Å². The molecular weight excluding hydrogens is 652 g/mol. The Balaban J connectivity index is 1.68. The van der Waals surface area contributed by atoms with Crippen LogP contribution in [0.2, 0.25) is 0 Å². The number of H-pyrrole nitrogens is 1. The zero-order valence-electron chi connectivity index (χ0n) is 28.1. The van der Waals surface area contributed by atoms with Gasteiger partial charge in [0.05, 0.1) is 38.2 Å². The zero-order chi connectivity index (χ0) is 36.8. The van der Waals surface area contributed by atoms with Gasteiger partial charge in [-0.15, -0.1) is 0 Å². The van der Waals surface area contributed by atoms with Crippen LogP contribution in [-0.4, -0.2) is 142 Å². The topological polar surface area (TPSA) is 224 Å². The molecule has 0 aliphatic heterocycles. The minimum Gasteiger partial charge on any atom is -0.480 e. The van der Waals surface area contributed by atoms with Crippen LogP contribution < -0.4 is 15.8 Å². The maximum Gasteiger partial charge on any atom is 0.317 e. The molecule has 50 heavy (non-hydrogen) atoms. The average Bonchev–Trinajstić information content (AvgIpc) is 3.02. The van der Waals surface area contributed by atoms with Crippen molar-refractivity contribution < 1.29 is 44.4 Å². The average molecular weight is 697 g/mol. The number of fused-ring (bicyclic) bond motifs is 1. The van der Waals surface area contributed by atoms with Gasteiger partial charge in [-0.25, -0.2) is 0 Å². The van der Waals surface area contributed by atoms with Crippen LogP contribution in [0.15, 0.2) is 53.3 Å². The zero-order valence-corrected chi connectivity index (χ0v) is 28.1. The fraction of sp³-hybridized carbons (Fsp3) is 0.412. The van der Waals surface area contributed by atoms with Gasteiger partial charge in [0.15, 0.2) is 0 Å². The van der Waals surface area contributed by atoms with Crippen LogP contribution in [0.3, 0.4) is 0 Å². The summed E-state index contributed by atoms with van der Waals surface area (Å²) >= 11 is 0. The van der Waals surface area contributed by atoms with Crippen LogP contribution in [0, 0.1) is 0 Å². The van der Waals surface area contributed by atoms with Gasteiger partial charge >= 0.3 is 23.9 Å². The van der Waals surface area contributed by atoms with Crippen molar-refractivity contribution in [2.75, 3.05) is 82.2 Å². The molecule has 3 rings (SSSR count). The third-order valence-electron chi connectivity index (χ3n) is 7.94. The van der Waals surface area contributed by atoms with Crippen LogP contribution in [0.5, 0.6) is 0 Å². The Morgan fingerprint density at radius 2 is 1.16 bits per heavy atom. The van der Waals surface area contributed by atoms with Gasteiger partial charge < -0.3 is 35.6 Å². The molecule has 2 aromatic carbocycles. The maximum absolute atomic E-state index is 13.0. The number of amides is 1. The molecule has 0 saturated carbocycles. The predicted molar refractivity (Wildman–Crippen MR) is 186 cm³/mol. The number of carbonyl (C=O) groups is 5. The molecule has 0 bridgehead atoms. The van der Waals surface area contributed by atoms with Gasteiger partial charge in [0.1, 0.15) is 0 Å². The van der Waals surface area contributed by atoms with Crippen LogP contribution in [0.4, 0.5) is 11.4 Å². The minimum absolute atomic E-state index is 0.000970. The molecule has 1 aromatic heterocycles. The molecular formula is C34H44N6O10. The summed E-state index contributed by atoms with van der Waals surface area (Å²) in [7, 11) is 0. The van der Waals surface area contributed by atoms with Gasteiger partial charge in [-0.1, -0.05) is 18.2 Å². The minimum atomic E-state index is -1.25. The second-order valence-corrected chi connectivity index (χ2v) is 11.8. The Morgan fingerprint density at radius 1 is 0.660 bits per heavy atom. The molecule has 0 unspecified atom stereocenters. The molecule has 16 nitrogen and oxygen atoms in total. The fourth-order valence-corrected chi connectivity index (χ4v) is 5.62. The number of aliphatic carboxylic acids is 4. The maximum atomic E-state index is 13.0. The Bertz CT molecular complexity index is 1690. The van der Waals surface area contributed by atoms with E-state index in [4.69, 9.17) is 10.2 Å². The van der Waals surface area contributed by atoms with Crippen molar-refractivity contribution in [1.29, 1.82) is 0 Å². The van der Waals surface area contributed by atoms with E-state index in [0.717, 1.165) is 40.2 Å². The standard InChI is InChI=1S/C34H44N6O10/c1-3-40(4-2)26-8-5-23(6-9-26)15-24-16-29(41)36-28-17-25(7-10-27(24)28)35-30(42)18-38(20-32(45)46)13-11-37(19-31(43)44)12-14-39(21-33(47)48)22-34(49)50/h5-10,16-17H,3-4,11-15,18-22H2,1-2H3,(H,35,42)(H,36,41)(H,43,44)(H,45,46)(H,47,48)(H,49,50). The first-order valence-electron chi connectivity index (χ1n) is 16.1. The highest BCUT2D eigenvalue weighted by molar-refractivity contribution is 5.95. The normalized spacial score (nSPS) is 11.3. The van der Waals surface area contributed by atoms with Crippen molar-refractivity contribution >= 4 is 52.1 Å². The smallest absolute Gasteiger partial charge is 0.317 e. The number of carboxylic acids is 4. The summed E-state index contributed by atoms with van der Waals surface area (Å²) in [5, 5.41) is 40.4. The number of carboxylic acid groups (broad SMARTS) is 4. The Hall–Kier alpha value is -5.32. The second kappa shape index (κ2) is 19.0. The van der Waals surface area contributed by atoms with E-state index in [1.807, 2.05) is 12.1 Å². The molecule has 3 aromatic rings. The molecule has 0 spiro atoms. The first-order valence-corrected chi connectivity index (χ1v) is 16.1. The molecule has 0 atom stereocenters. The number of benzene rings is 2. The SMILES string of the molecule is CCN(CC)c1ccc(Cc2cc(=O)[nH]c3cc(NC(=O)CN(CCN(CCN(CC(=O)O)CC(=O)O)CC(=O)O)CC(=O)O)ccc23)cc1. The van der Waals surface area contributed by atoms with E-state index in [1.165, 1.54) is 9.80 Å². The van der Waals surface area contributed by atoms with E-state index < -0.39 is 56.0 Å². The number of aromatic amines is 1. The highest BCUT2D eigenvalue weighted by Gasteiger charge is 2.20. The van der Waals surface area contributed by atoms with Gasteiger partial charge in [-0.2, -0.15) is 0 Å². The van der Waals surface area contributed by atoms with Crippen LogP contribution in [0.25, 0.3) is 10.9 Å². The molecule has 0 aliphatic carbocycles. The van der Waals surface area contributed by atoms with Crippen LogP contribution >= 0.6 is 0 Å². The number of carbonyl (C=O) groups excluding carboxylic acids is 1. The van der Waals surface area contributed by atoms with Crippen molar-refractivity contribution in [2.45, 2.75) is 20.3 Å². The summed E-state index contributed by atoms with van der Waals surface area (Å²) in [6.07, 6.45) is 0.519. The lowest BCUT2D eigenvalue weighted by molar-refractivity contribution is -0.143. The van der Waals surface area contributed by atoms with Gasteiger partial charge in [0, 0.05) is 62.1 Å². The van der Waals surface area contributed by atoms with Crippen LogP contribution in [-0.2, 0) is 30.4 Å². The lowest BCUT2D eigenvalue weighted by Gasteiger charge is -2.27. The van der Waals surface area contributed by atoms with Gasteiger partial charge in [0.2, 0.25) is 11.5 Å². The summed E-state index contributed by atoms with van der Waals surface area (Å²) < 4.78 is 0. The highest BCUT2D eigenvalue weighted by atomic mass is 16.4. The summed E-state index contributed by atoms with van der Waals surface area (Å²) in [6, 6.07) is 14.8. The number of hydrogen-bond acceptors (Lipinski definition) is 10. The monoisotopic (exact) mass is 696 g/mol. The van der Waals surface area contributed by atoms with E-state index in [1.54, 1.807) is 24.3 Å². The first kappa shape index (κ1) is 39.1. The third kappa shape index (κ3) is 12.9. The number of aromatic nitrogens is 1. The quantitative estimate of drug-likeness (QED) is 0.0867. The van der Waals surface area contributed by atoms with E-state index in [2.05, 4.69) is 41.2 Å². The molecule has 1 heterocycles. The summed E-state index contributed by atoms with van der Waals surface area (Å²) in [5.74, 6) is -5.44. The summed E-state index contributed by atoms with van der Waals surface area (Å²) in [4.78, 5) is 79.7. The molecule has 270 valence electrons. The van der Waals surface area contributed by atoms with E-state index >= 15 is 0 Å². The largest absolute Gasteiger partial charge is 0.480 e. The summed E-state index contributed by atoms with van der Waals surface area (Å²) in [5.41, 5.74) is 3.54. The number of nitrogens with zero attached hydrogens (tertiary/aromatic N) is 4. The lowest BCUT2D eigenvalue weighted by atomic mass is 10.0. The van der Waals surface area contributed by atoms with Crippen molar-refractivity contribution in [3.8, 4) is 0 Å². The van der Waals surface area contributed by atoms with Crippen LogP contribution in [0.1, 0.15) is 25.0 Å². The summed E-state index contributed by atoms with van der Waals surface area (Å²) in [6.45, 7) is 3.39. The number of rotatable bonds is 22. The number of nitrogens with one attached hydrogen (secondary N) is 2. The van der Waals surface area contributed by atoms with E-state index in [-0.39, 0.29) is 38.3 Å². The Morgan fingerprint density at radius 3 is 1.68 bits per heavy atom. The predicted octanol–water partition coefficient (Wildman–Crippen LogP) is 1.15. The van der Waals surface area contributed by atoms with Gasteiger partial charge in [-0.3, -0.25) is 43.5 Å². The molecule has 0 radical (unpaired) electrons. The van der Waals surface area contributed by atoms with E-state index in [0.29, 0.717) is 17.6 Å². The molecule has 0 fully saturated rings. The lowest BCUT2D eigenvalue weighted by Crippen LogP contribution is -2.46. The molecule has 0 aliphatic rings. The fourth-order valence-electron chi connectivity index (χ4n) is 5.62.